The highest BCUT2D eigenvalue weighted by Crippen LogP contribution is 2.52. The van der Waals surface area contributed by atoms with E-state index in [0.717, 1.165) is 50.4 Å². The van der Waals surface area contributed by atoms with Crippen molar-refractivity contribution in [3.05, 3.63) is 0 Å². The second-order valence-corrected chi connectivity index (χ2v) is 7.53. The van der Waals surface area contributed by atoms with E-state index >= 15 is 0 Å². The van der Waals surface area contributed by atoms with Gasteiger partial charge < -0.3 is 15.6 Å². The first-order chi connectivity index (χ1) is 9.46. The molecular formula is C17H33NO2. The zero-order valence-electron chi connectivity index (χ0n) is 13.5. The van der Waals surface area contributed by atoms with E-state index in [0.29, 0.717) is 12.6 Å². The number of nitrogens with two attached hydrogens (primary N) is 1. The lowest BCUT2D eigenvalue weighted by Gasteiger charge is -2.53. The fourth-order valence-corrected chi connectivity index (χ4v) is 4.55. The lowest BCUT2D eigenvalue weighted by atomic mass is 9.56. The molecule has 0 aromatic carbocycles. The van der Waals surface area contributed by atoms with Gasteiger partial charge in [-0.15, -0.1) is 0 Å². The Bertz CT molecular complexity index is 300. The number of rotatable bonds is 4. The van der Waals surface area contributed by atoms with E-state index in [2.05, 4.69) is 13.8 Å². The van der Waals surface area contributed by atoms with Crippen LogP contribution >= 0.6 is 0 Å². The topological polar surface area (TPSA) is 55.5 Å². The Morgan fingerprint density at radius 3 is 2.05 bits per heavy atom. The van der Waals surface area contributed by atoms with Gasteiger partial charge in [0.2, 0.25) is 0 Å². The van der Waals surface area contributed by atoms with Crippen molar-refractivity contribution in [3.8, 4) is 0 Å². The quantitative estimate of drug-likeness (QED) is 0.833. The third-order valence-corrected chi connectivity index (χ3v) is 6.40. The molecule has 3 nitrogen and oxygen atoms in total. The predicted octanol–water partition coefficient (Wildman–Crippen LogP) is 3.10. The fraction of sp³-hybridized carbons (Fsp3) is 1.00. The molecule has 2 saturated carbocycles. The third kappa shape index (κ3) is 2.90. The lowest BCUT2D eigenvalue weighted by molar-refractivity contribution is -0.144. The molecule has 2 rings (SSSR count). The Labute approximate surface area is 124 Å². The molecule has 0 bridgehead atoms. The van der Waals surface area contributed by atoms with Crippen molar-refractivity contribution in [1.82, 2.24) is 0 Å². The summed E-state index contributed by atoms with van der Waals surface area (Å²) >= 11 is 0. The van der Waals surface area contributed by atoms with Crippen LogP contribution in [0.2, 0.25) is 0 Å². The Hall–Kier alpha value is -0.120. The van der Waals surface area contributed by atoms with E-state index in [1.54, 1.807) is 7.11 Å². The van der Waals surface area contributed by atoms with Crippen LogP contribution in [0.5, 0.6) is 0 Å². The minimum absolute atomic E-state index is 0.0445. The van der Waals surface area contributed by atoms with Crippen molar-refractivity contribution in [3.63, 3.8) is 0 Å². The van der Waals surface area contributed by atoms with Gasteiger partial charge in [-0.1, -0.05) is 13.8 Å². The Kier molecular flexibility index (Phi) is 5.14. The normalized spacial score (nSPS) is 42.9. The van der Waals surface area contributed by atoms with Crippen molar-refractivity contribution >= 4 is 0 Å². The first-order valence-corrected chi connectivity index (χ1v) is 8.41. The van der Waals surface area contributed by atoms with Gasteiger partial charge in [-0.2, -0.15) is 0 Å². The number of aliphatic hydroxyl groups is 1. The van der Waals surface area contributed by atoms with Crippen LogP contribution in [-0.4, -0.2) is 30.5 Å². The van der Waals surface area contributed by atoms with Gasteiger partial charge >= 0.3 is 0 Å². The van der Waals surface area contributed by atoms with Crippen molar-refractivity contribution < 1.29 is 9.84 Å². The smallest absolute Gasteiger partial charge is 0.0717 e. The van der Waals surface area contributed by atoms with Crippen LogP contribution in [0.25, 0.3) is 0 Å². The van der Waals surface area contributed by atoms with Gasteiger partial charge in [-0.05, 0) is 63.2 Å². The van der Waals surface area contributed by atoms with Gasteiger partial charge in [0.05, 0.1) is 11.7 Å². The molecule has 20 heavy (non-hydrogen) atoms. The average molecular weight is 283 g/mol. The number of hydrogen-bond acceptors (Lipinski definition) is 3. The number of hydrogen-bond donors (Lipinski definition) is 2. The minimum atomic E-state index is -0.557. The second kappa shape index (κ2) is 6.33. The summed E-state index contributed by atoms with van der Waals surface area (Å²) in [6, 6.07) is 0. The molecule has 2 aliphatic carbocycles. The number of ether oxygens (including phenoxy) is 1. The number of methoxy groups -OCH3 is 1. The summed E-state index contributed by atoms with van der Waals surface area (Å²) in [5.74, 6) is 1.57. The molecule has 0 aliphatic heterocycles. The molecule has 0 atom stereocenters. The largest absolute Gasteiger partial charge is 0.389 e. The van der Waals surface area contributed by atoms with Crippen molar-refractivity contribution in [2.45, 2.75) is 76.9 Å². The van der Waals surface area contributed by atoms with Gasteiger partial charge in [-0.25, -0.2) is 0 Å². The Morgan fingerprint density at radius 2 is 1.65 bits per heavy atom. The fourth-order valence-electron chi connectivity index (χ4n) is 4.55. The molecule has 0 spiro atoms. The van der Waals surface area contributed by atoms with E-state index in [1.165, 1.54) is 12.8 Å². The van der Waals surface area contributed by atoms with E-state index < -0.39 is 5.60 Å². The van der Waals surface area contributed by atoms with E-state index in [-0.39, 0.29) is 5.41 Å². The highest BCUT2D eigenvalue weighted by molar-refractivity contribution is 5.04. The van der Waals surface area contributed by atoms with Gasteiger partial charge in [0.1, 0.15) is 0 Å². The SMILES string of the molecule is COC1CCC(O)(C2(CN)CCC(C(C)C)CC2)CC1. The van der Waals surface area contributed by atoms with E-state index in [1.807, 2.05) is 0 Å². The third-order valence-electron chi connectivity index (χ3n) is 6.40. The standard InChI is InChI=1S/C17H33NO2/c1-13(2)14-4-8-16(12-18,9-5-14)17(19)10-6-15(20-3)7-11-17/h13-15,19H,4-12,18H2,1-3H3. The van der Waals surface area contributed by atoms with Crippen LogP contribution in [0.1, 0.15) is 65.2 Å². The molecule has 0 aromatic rings. The van der Waals surface area contributed by atoms with Crippen LogP contribution in [0, 0.1) is 17.3 Å². The summed E-state index contributed by atoms with van der Waals surface area (Å²) < 4.78 is 5.44. The van der Waals surface area contributed by atoms with Gasteiger partial charge in [0, 0.05) is 19.1 Å². The van der Waals surface area contributed by atoms with Crippen LogP contribution in [0.3, 0.4) is 0 Å². The Morgan fingerprint density at radius 1 is 1.10 bits per heavy atom. The molecule has 0 saturated heterocycles. The molecule has 0 heterocycles. The van der Waals surface area contributed by atoms with Crippen molar-refractivity contribution in [2.75, 3.05) is 13.7 Å². The van der Waals surface area contributed by atoms with Crippen LogP contribution in [-0.2, 0) is 4.74 Å². The highest BCUT2D eigenvalue weighted by atomic mass is 16.5. The second-order valence-electron chi connectivity index (χ2n) is 7.53. The molecule has 2 fully saturated rings. The van der Waals surface area contributed by atoms with Crippen LogP contribution < -0.4 is 5.73 Å². The zero-order chi connectivity index (χ0) is 14.8. The van der Waals surface area contributed by atoms with Crippen LogP contribution in [0.4, 0.5) is 0 Å². The highest BCUT2D eigenvalue weighted by Gasteiger charge is 2.52. The maximum Gasteiger partial charge on any atom is 0.0717 e. The average Bonchev–Trinajstić information content (AvgIpc) is 2.48. The monoisotopic (exact) mass is 283 g/mol. The molecule has 0 radical (unpaired) electrons. The summed E-state index contributed by atoms with van der Waals surface area (Å²) in [7, 11) is 1.78. The van der Waals surface area contributed by atoms with Gasteiger partial charge in [-0.3, -0.25) is 0 Å². The maximum atomic E-state index is 11.2. The summed E-state index contributed by atoms with van der Waals surface area (Å²) in [5, 5.41) is 11.2. The van der Waals surface area contributed by atoms with Crippen molar-refractivity contribution in [1.29, 1.82) is 0 Å². The predicted molar refractivity (Wildman–Crippen MR) is 82.5 cm³/mol. The van der Waals surface area contributed by atoms with Gasteiger partial charge in [0.15, 0.2) is 0 Å². The molecule has 3 heteroatoms. The van der Waals surface area contributed by atoms with Gasteiger partial charge in [0.25, 0.3) is 0 Å². The first kappa shape index (κ1) is 16.3. The molecule has 2 aliphatic rings. The lowest BCUT2D eigenvalue weighted by Crippen LogP contribution is -2.56. The van der Waals surface area contributed by atoms with Crippen LogP contribution in [0.15, 0.2) is 0 Å². The summed E-state index contributed by atoms with van der Waals surface area (Å²) in [6.45, 7) is 5.27. The molecule has 0 aromatic heterocycles. The zero-order valence-corrected chi connectivity index (χ0v) is 13.5. The van der Waals surface area contributed by atoms with E-state index in [4.69, 9.17) is 10.5 Å². The summed E-state index contributed by atoms with van der Waals surface area (Å²) in [6.07, 6.45) is 8.64. The summed E-state index contributed by atoms with van der Waals surface area (Å²) in [4.78, 5) is 0. The summed E-state index contributed by atoms with van der Waals surface area (Å²) in [5.41, 5.74) is 5.55. The van der Waals surface area contributed by atoms with E-state index in [9.17, 15) is 5.11 Å². The first-order valence-electron chi connectivity index (χ1n) is 8.41. The maximum absolute atomic E-state index is 11.2. The Balaban J connectivity index is 2.04. The molecule has 118 valence electrons. The van der Waals surface area contributed by atoms with Crippen molar-refractivity contribution in [2.24, 2.45) is 23.0 Å². The molecule has 3 N–H and O–H groups in total. The molecular weight excluding hydrogens is 250 g/mol. The molecule has 0 amide bonds. The minimum Gasteiger partial charge on any atom is -0.389 e. The molecule has 0 unspecified atom stereocenters.